The molecule has 0 spiro atoms. The van der Waals surface area contributed by atoms with Gasteiger partial charge in [-0.15, -0.1) is 23.5 Å². The molecule has 4 rings (SSSR count). The molecule has 1 unspecified atom stereocenters. The molecule has 11 heteroatoms. The molecule has 2 heterocycles. The second-order valence-electron chi connectivity index (χ2n) is 7.51. The summed E-state index contributed by atoms with van der Waals surface area (Å²) in [6.07, 6.45) is 0. The molecule has 1 fully saturated rings. The van der Waals surface area contributed by atoms with Gasteiger partial charge < -0.3 is 20.3 Å². The number of methoxy groups -OCH3 is 1. The first kappa shape index (κ1) is 23.2. The van der Waals surface area contributed by atoms with Gasteiger partial charge in [0.25, 0.3) is 10.9 Å². The second kappa shape index (κ2) is 9.51. The van der Waals surface area contributed by atoms with Crippen molar-refractivity contribution in [3.8, 4) is 23.3 Å². The fourth-order valence-corrected chi connectivity index (χ4v) is 6.46. The van der Waals surface area contributed by atoms with E-state index in [0.717, 1.165) is 0 Å². The van der Waals surface area contributed by atoms with Gasteiger partial charge in [0.05, 0.1) is 25.1 Å². The number of aliphatic imine (C=N–C) groups is 1. The van der Waals surface area contributed by atoms with Crippen LogP contribution in [0.3, 0.4) is 0 Å². The monoisotopic (exact) mass is 487 g/mol. The molecule has 9 nitrogen and oxygen atoms in total. The number of hydrogen-bond acceptors (Lipinski definition) is 10. The normalized spacial score (nSPS) is 22.6. The number of anilines is 1. The zero-order valence-electron chi connectivity index (χ0n) is 17.8. The molecule has 33 heavy (non-hydrogen) atoms. The van der Waals surface area contributed by atoms with E-state index >= 15 is 0 Å². The van der Waals surface area contributed by atoms with Crippen molar-refractivity contribution in [3.05, 3.63) is 49.8 Å². The van der Waals surface area contributed by atoms with Crippen LogP contribution in [0.5, 0.6) is 11.5 Å². The number of ether oxygens (including phenoxy) is 1. The van der Waals surface area contributed by atoms with Crippen LogP contribution < -0.4 is 20.9 Å². The van der Waals surface area contributed by atoms with Crippen molar-refractivity contribution in [3.63, 3.8) is 0 Å². The summed E-state index contributed by atoms with van der Waals surface area (Å²) in [5, 5.41) is 23.2. The number of aliphatic carboxylic acids is 1. The van der Waals surface area contributed by atoms with Gasteiger partial charge in [0.2, 0.25) is 0 Å². The number of likely N-dealkylation sites (N-methyl/N-ethyl adjacent to an activating group) is 1. The molecule has 0 aliphatic carbocycles. The fourth-order valence-electron chi connectivity index (χ4n) is 3.70. The Kier molecular flexibility index (Phi) is 6.69. The summed E-state index contributed by atoms with van der Waals surface area (Å²) in [6, 6.07) is 4.39. The van der Waals surface area contributed by atoms with Crippen molar-refractivity contribution in [1.29, 1.82) is 0 Å². The van der Waals surface area contributed by atoms with Crippen molar-refractivity contribution < 1.29 is 19.7 Å². The summed E-state index contributed by atoms with van der Waals surface area (Å²) >= 11 is 3.11. The summed E-state index contributed by atoms with van der Waals surface area (Å²) in [4.78, 5) is 40.9. The van der Waals surface area contributed by atoms with Gasteiger partial charge in [0.15, 0.2) is 5.75 Å². The highest BCUT2D eigenvalue weighted by Gasteiger charge is 2.41. The van der Waals surface area contributed by atoms with E-state index in [1.54, 1.807) is 30.0 Å². The van der Waals surface area contributed by atoms with Crippen LogP contribution in [-0.2, 0) is 4.79 Å². The van der Waals surface area contributed by atoms with Crippen molar-refractivity contribution in [2.45, 2.75) is 17.5 Å². The molecule has 0 amide bonds. The summed E-state index contributed by atoms with van der Waals surface area (Å²) in [7, 11) is 3.13. The maximum atomic E-state index is 11.5. The summed E-state index contributed by atoms with van der Waals surface area (Å²) in [6.45, 7) is 0.144. The van der Waals surface area contributed by atoms with Crippen LogP contribution in [0.25, 0.3) is 0 Å². The third-order valence-corrected chi connectivity index (χ3v) is 8.09. The summed E-state index contributed by atoms with van der Waals surface area (Å²) in [5.41, 5.74) is 0.0985. The van der Waals surface area contributed by atoms with E-state index in [9.17, 15) is 24.6 Å². The molecule has 0 bridgehead atoms. The lowest BCUT2D eigenvalue weighted by molar-refractivity contribution is -0.141. The van der Waals surface area contributed by atoms with E-state index in [2.05, 4.69) is 17.2 Å². The Hall–Kier alpha value is -2.94. The maximum Gasteiger partial charge on any atom is 0.321 e. The Labute approximate surface area is 197 Å². The van der Waals surface area contributed by atoms with Gasteiger partial charge in [0, 0.05) is 22.6 Å². The van der Waals surface area contributed by atoms with Crippen LogP contribution in [0.2, 0.25) is 0 Å². The largest absolute Gasteiger partial charge is 0.507 e. The van der Waals surface area contributed by atoms with Crippen LogP contribution in [0, 0.1) is 11.8 Å². The van der Waals surface area contributed by atoms with Crippen LogP contribution >= 0.6 is 23.5 Å². The Morgan fingerprint density at radius 2 is 2.12 bits per heavy atom. The Morgan fingerprint density at radius 1 is 1.33 bits per heavy atom. The highest BCUT2D eigenvalue weighted by Crippen LogP contribution is 2.37. The van der Waals surface area contributed by atoms with Crippen LogP contribution in [0.1, 0.15) is 11.1 Å². The molecular formula is C22H21N3O6S2. The molecule has 0 saturated carbocycles. The van der Waals surface area contributed by atoms with Crippen molar-refractivity contribution in [2.75, 3.05) is 37.5 Å². The highest BCUT2D eigenvalue weighted by molar-refractivity contribution is 8.14. The van der Waals surface area contributed by atoms with E-state index in [4.69, 9.17) is 9.73 Å². The Morgan fingerprint density at radius 3 is 2.82 bits per heavy atom. The minimum absolute atomic E-state index is 0.0142. The van der Waals surface area contributed by atoms with E-state index < -0.39 is 22.9 Å². The number of carbonyl (C=O) groups is 1. The SMILES string of the molecule is COc1c(NCC#Cc2ccc(O)c(C3=N[C@@H](C4SC[C@@H](C(=O)O)N4C)CS3)c2)c(=O)c1=O. The van der Waals surface area contributed by atoms with Crippen molar-refractivity contribution in [2.24, 2.45) is 4.99 Å². The lowest BCUT2D eigenvalue weighted by Gasteiger charge is -2.24. The molecule has 172 valence electrons. The molecule has 2 aliphatic heterocycles. The van der Waals surface area contributed by atoms with Gasteiger partial charge >= 0.3 is 5.97 Å². The van der Waals surface area contributed by atoms with Crippen molar-refractivity contribution in [1.82, 2.24) is 4.90 Å². The van der Waals surface area contributed by atoms with Gasteiger partial charge in [-0.25, -0.2) is 0 Å². The van der Waals surface area contributed by atoms with E-state index in [1.807, 2.05) is 11.9 Å². The molecule has 0 aromatic heterocycles. The second-order valence-corrected chi connectivity index (χ2v) is 9.67. The lowest BCUT2D eigenvalue weighted by atomic mass is 10.1. The molecule has 2 aromatic rings. The minimum Gasteiger partial charge on any atom is -0.507 e. The topological polar surface area (TPSA) is 129 Å². The molecule has 1 saturated heterocycles. The first-order valence-electron chi connectivity index (χ1n) is 10.0. The van der Waals surface area contributed by atoms with Gasteiger partial charge in [0.1, 0.15) is 22.5 Å². The smallest absolute Gasteiger partial charge is 0.321 e. The van der Waals surface area contributed by atoms with E-state index in [0.29, 0.717) is 27.7 Å². The first-order valence-corrected chi connectivity index (χ1v) is 12.1. The predicted molar refractivity (Wildman–Crippen MR) is 130 cm³/mol. The maximum absolute atomic E-state index is 11.5. The number of aromatic hydroxyl groups is 1. The number of carboxylic acids is 1. The number of hydrogen-bond donors (Lipinski definition) is 3. The average molecular weight is 488 g/mol. The number of phenolic OH excluding ortho intramolecular Hbond substituents is 1. The Bertz CT molecular complexity index is 1260. The average Bonchev–Trinajstić information content (AvgIpc) is 3.43. The third-order valence-electron chi connectivity index (χ3n) is 5.49. The van der Waals surface area contributed by atoms with Crippen molar-refractivity contribution >= 4 is 40.2 Å². The molecular weight excluding hydrogens is 466 g/mol. The number of benzene rings is 1. The molecule has 3 atom stereocenters. The third kappa shape index (κ3) is 4.46. The number of carboxylic acid groups (broad SMARTS) is 1. The van der Waals surface area contributed by atoms with Gasteiger partial charge in [-0.1, -0.05) is 11.8 Å². The Balaban J connectivity index is 1.45. The van der Waals surface area contributed by atoms with Crippen LogP contribution in [-0.4, -0.2) is 75.8 Å². The summed E-state index contributed by atoms with van der Waals surface area (Å²) < 4.78 is 4.87. The van der Waals surface area contributed by atoms with Gasteiger partial charge in [-0.2, -0.15) is 0 Å². The zero-order valence-corrected chi connectivity index (χ0v) is 19.5. The molecule has 2 aliphatic rings. The predicted octanol–water partition coefficient (Wildman–Crippen LogP) is 0.780. The van der Waals surface area contributed by atoms with Gasteiger partial charge in [-0.3, -0.25) is 24.3 Å². The minimum atomic E-state index is -0.830. The highest BCUT2D eigenvalue weighted by atomic mass is 32.2. The standard InChI is InChI=1S/C22H21N3O6S2/c1-25-14(22(29)30)10-33-21(25)13-9-32-20(24-13)12-8-11(5-6-15(12)26)4-3-7-23-16-17(27)18(28)19(16)31-2/h5-6,8,13-14,21,23,26H,7,9-10H2,1-2H3,(H,29,30)/t13-,14+,21?/m1/s1. The number of rotatable bonds is 6. The fraction of sp³-hybridized carbons (Fsp3) is 0.364. The quantitative estimate of drug-likeness (QED) is 0.397. The molecule has 2 aromatic carbocycles. The van der Waals surface area contributed by atoms with E-state index in [-0.39, 0.29) is 35.1 Å². The van der Waals surface area contributed by atoms with Crippen LogP contribution in [0.15, 0.2) is 32.8 Å². The summed E-state index contributed by atoms with van der Waals surface area (Å²) in [5.74, 6) is 6.35. The molecule has 0 radical (unpaired) electrons. The molecule has 3 N–H and O–H groups in total. The lowest BCUT2D eigenvalue weighted by Crippen LogP contribution is -2.42. The zero-order chi connectivity index (χ0) is 23.7. The van der Waals surface area contributed by atoms with E-state index in [1.165, 1.54) is 18.9 Å². The van der Waals surface area contributed by atoms with Crippen LogP contribution in [0.4, 0.5) is 5.69 Å². The number of nitrogens with zero attached hydrogens (tertiary/aromatic N) is 2. The first-order chi connectivity index (χ1) is 15.8. The number of nitrogens with one attached hydrogen (secondary N) is 1. The van der Waals surface area contributed by atoms with Gasteiger partial charge in [-0.05, 0) is 25.2 Å². The number of thioether (sulfide) groups is 2. The number of phenols is 1.